The Hall–Kier alpha value is -3.01. The van der Waals surface area contributed by atoms with Gasteiger partial charge in [0.25, 0.3) is 0 Å². The summed E-state index contributed by atoms with van der Waals surface area (Å²) in [5.74, 6) is -0.920. The summed E-state index contributed by atoms with van der Waals surface area (Å²) in [5.41, 5.74) is 3.27. The molecule has 0 aromatic carbocycles. The minimum atomic E-state index is -0.790. The Kier molecular flexibility index (Phi) is 11.9. The van der Waals surface area contributed by atoms with E-state index in [1.165, 1.54) is 13.0 Å². The van der Waals surface area contributed by atoms with Gasteiger partial charge in [-0.15, -0.1) is 0 Å². The van der Waals surface area contributed by atoms with E-state index in [4.69, 9.17) is 0 Å². The van der Waals surface area contributed by atoms with Crippen molar-refractivity contribution in [2.24, 2.45) is 4.99 Å². The molecule has 0 bridgehead atoms. The fraction of sp³-hybridized carbons (Fsp3) is 0.269. The fourth-order valence-electron chi connectivity index (χ4n) is 2.74. The summed E-state index contributed by atoms with van der Waals surface area (Å²) in [6.45, 7) is 29.3. The molecule has 0 N–H and O–H groups in total. The van der Waals surface area contributed by atoms with Gasteiger partial charge in [-0.1, -0.05) is 57.0 Å². The van der Waals surface area contributed by atoms with E-state index in [0.717, 1.165) is 29.3 Å². The van der Waals surface area contributed by atoms with Crippen LogP contribution in [0.25, 0.3) is 0 Å². The third kappa shape index (κ3) is 7.78. The molecule has 0 fully saturated rings. The van der Waals surface area contributed by atoms with Gasteiger partial charge in [-0.05, 0) is 63.6 Å². The van der Waals surface area contributed by atoms with Crippen molar-refractivity contribution in [3.05, 3.63) is 108 Å². The molecule has 2 nitrogen and oxygen atoms in total. The molecule has 0 aliphatic heterocycles. The van der Waals surface area contributed by atoms with Gasteiger partial charge < -0.3 is 4.90 Å². The lowest BCUT2D eigenvalue weighted by atomic mass is 9.89. The summed E-state index contributed by atoms with van der Waals surface area (Å²) >= 11 is 0. The van der Waals surface area contributed by atoms with Crippen molar-refractivity contribution in [3.63, 3.8) is 0 Å². The molecule has 0 unspecified atom stereocenters. The molecule has 0 heterocycles. The zero-order valence-electron chi connectivity index (χ0n) is 19.0. The van der Waals surface area contributed by atoms with Crippen molar-refractivity contribution in [1.29, 1.82) is 0 Å². The molecule has 0 aromatic heterocycles. The molecule has 0 saturated heterocycles. The largest absolute Gasteiger partial charge is 0.331 e. The van der Waals surface area contributed by atoms with Crippen molar-refractivity contribution in [2.75, 3.05) is 6.54 Å². The highest BCUT2D eigenvalue weighted by Crippen LogP contribution is 2.32. The van der Waals surface area contributed by atoms with Crippen molar-refractivity contribution < 1.29 is 8.78 Å². The van der Waals surface area contributed by atoms with Crippen LogP contribution in [0.2, 0.25) is 0 Å². The van der Waals surface area contributed by atoms with Gasteiger partial charge >= 0.3 is 0 Å². The molecule has 30 heavy (non-hydrogen) atoms. The Morgan fingerprint density at radius 1 is 0.933 bits per heavy atom. The first-order chi connectivity index (χ1) is 14.0. The zero-order valence-corrected chi connectivity index (χ0v) is 19.0. The van der Waals surface area contributed by atoms with Crippen LogP contribution in [0.4, 0.5) is 8.78 Å². The van der Waals surface area contributed by atoms with E-state index in [9.17, 15) is 8.78 Å². The number of hydrogen-bond donors (Lipinski definition) is 0. The van der Waals surface area contributed by atoms with Crippen molar-refractivity contribution in [3.8, 4) is 0 Å². The lowest BCUT2D eigenvalue weighted by molar-refractivity contribution is 0.424. The molecule has 0 spiro atoms. The van der Waals surface area contributed by atoms with Crippen LogP contribution >= 0.6 is 0 Å². The van der Waals surface area contributed by atoms with Gasteiger partial charge in [0.15, 0.2) is 0 Å². The van der Waals surface area contributed by atoms with E-state index in [1.807, 2.05) is 38.7 Å². The molecule has 0 atom stereocenters. The van der Waals surface area contributed by atoms with Crippen molar-refractivity contribution in [2.45, 2.75) is 41.0 Å². The predicted molar refractivity (Wildman–Crippen MR) is 128 cm³/mol. The first-order valence-electron chi connectivity index (χ1n) is 9.77. The van der Waals surface area contributed by atoms with Crippen LogP contribution in [0, 0.1) is 0 Å². The van der Waals surface area contributed by atoms with E-state index in [0.29, 0.717) is 23.5 Å². The van der Waals surface area contributed by atoms with Crippen LogP contribution in [0.15, 0.2) is 113 Å². The molecule has 4 heteroatoms. The third-order valence-corrected chi connectivity index (χ3v) is 4.30. The number of aliphatic imine (C=N–C) groups is 1. The first kappa shape index (κ1) is 27.0. The molecule has 0 aliphatic carbocycles. The normalized spacial score (nSPS) is 13.8. The highest BCUT2D eigenvalue weighted by atomic mass is 19.1. The summed E-state index contributed by atoms with van der Waals surface area (Å²) in [4.78, 5) is 6.00. The quantitative estimate of drug-likeness (QED) is 0.234. The van der Waals surface area contributed by atoms with Crippen LogP contribution in [-0.4, -0.2) is 18.2 Å². The summed E-state index contributed by atoms with van der Waals surface area (Å²) in [6, 6.07) is 0. The summed E-state index contributed by atoms with van der Waals surface area (Å²) in [7, 11) is 0. The third-order valence-electron chi connectivity index (χ3n) is 4.30. The van der Waals surface area contributed by atoms with E-state index < -0.39 is 11.7 Å². The SMILES string of the molecule is C=N/C(=C\C=C(\C(=C)/C(=C\C)C(=C)C)C(=C)/C(F)=C\C(F)=C/C)N(CCC)C(=C)C. The maximum atomic E-state index is 14.7. The highest BCUT2D eigenvalue weighted by Gasteiger charge is 2.16. The predicted octanol–water partition coefficient (Wildman–Crippen LogP) is 8.06. The Labute approximate surface area is 181 Å². The average molecular weight is 413 g/mol. The van der Waals surface area contributed by atoms with Crippen molar-refractivity contribution in [1.82, 2.24) is 4.90 Å². The Morgan fingerprint density at radius 2 is 1.53 bits per heavy atom. The first-order valence-corrected chi connectivity index (χ1v) is 9.77. The van der Waals surface area contributed by atoms with Gasteiger partial charge in [0, 0.05) is 23.9 Å². The van der Waals surface area contributed by atoms with Crippen LogP contribution in [0.1, 0.15) is 41.0 Å². The summed E-state index contributed by atoms with van der Waals surface area (Å²) in [5, 5.41) is 0. The van der Waals surface area contributed by atoms with E-state index in [1.54, 1.807) is 12.2 Å². The maximum Gasteiger partial charge on any atom is 0.133 e. The minimum Gasteiger partial charge on any atom is -0.331 e. The van der Waals surface area contributed by atoms with Gasteiger partial charge in [0.1, 0.15) is 17.5 Å². The van der Waals surface area contributed by atoms with Gasteiger partial charge in [-0.25, -0.2) is 13.8 Å². The van der Waals surface area contributed by atoms with Crippen LogP contribution in [0.3, 0.4) is 0 Å². The molecule has 0 rings (SSSR count). The second-order valence-electron chi connectivity index (χ2n) is 6.76. The van der Waals surface area contributed by atoms with Gasteiger partial charge in [0.2, 0.25) is 0 Å². The molecule has 162 valence electrons. The topological polar surface area (TPSA) is 15.6 Å². The Morgan fingerprint density at radius 3 is 1.93 bits per heavy atom. The van der Waals surface area contributed by atoms with Crippen molar-refractivity contribution >= 4 is 6.72 Å². The van der Waals surface area contributed by atoms with E-state index in [-0.39, 0.29) is 5.57 Å². The van der Waals surface area contributed by atoms with E-state index >= 15 is 0 Å². The number of hydrogen-bond acceptors (Lipinski definition) is 2. The van der Waals surface area contributed by atoms with Crippen LogP contribution < -0.4 is 0 Å². The maximum absolute atomic E-state index is 14.7. The van der Waals surface area contributed by atoms with E-state index in [2.05, 4.69) is 38.0 Å². The highest BCUT2D eigenvalue weighted by molar-refractivity contribution is 5.63. The van der Waals surface area contributed by atoms with Gasteiger partial charge in [-0.2, -0.15) is 0 Å². The standard InChI is InChI=1S/C26H34F2N2/c1-11-16-30(19(6)7)26(29-10)15-14-24(20(8)23(13-3)18(4)5)21(9)25(28)17-22(27)12-2/h12-15,17H,4,6,8-11,16H2,1-3,5,7H3/b22-12+,23-13-,24-14-,25-17+,26-15+. The monoisotopic (exact) mass is 412 g/mol. The molecule has 0 saturated carbocycles. The molecular formula is C26H34F2N2. The summed E-state index contributed by atoms with van der Waals surface area (Å²) < 4.78 is 28.3. The second-order valence-corrected chi connectivity index (χ2v) is 6.76. The summed E-state index contributed by atoms with van der Waals surface area (Å²) in [6.07, 6.45) is 8.06. The second kappa shape index (κ2) is 13.3. The molecule has 0 radical (unpaired) electrons. The smallest absolute Gasteiger partial charge is 0.133 e. The number of allylic oxidation sites excluding steroid dienone is 13. The van der Waals surface area contributed by atoms with Gasteiger partial charge in [0.05, 0.1) is 0 Å². The molecule has 0 amide bonds. The molecule has 0 aromatic rings. The molecule has 0 aliphatic rings. The lowest BCUT2D eigenvalue weighted by Crippen LogP contribution is -2.20. The Balaban J connectivity index is 6.61. The molecular weight excluding hydrogens is 378 g/mol. The van der Waals surface area contributed by atoms with Gasteiger partial charge in [-0.3, -0.25) is 0 Å². The minimum absolute atomic E-state index is 0.00892. The average Bonchev–Trinajstić information content (AvgIpc) is 2.69. The lowest BCUT2D eigenvalue weighted by Gasteiger charge is -2.24. The zero-order chi connectivity index (χ0) is 23.4. The van der Waals surface area contributed by atoms with Crippen LogP contribution in [-0.2, 0) is 0 Å². The number of rotatable bonds is 12. The number of nitrogens with zero attached hydrogens (tertiary/aromatic N) is 2. The van der Waals surface area contributed by atoms with Crippen LogP contribution in [0.5, 0.6) is 0 Å². The number of halogens is 2. The fourth-order valence-corrected chi connectivity index (χ4v) is 2.74. The Bertz CT molecular complexity index is 861.